The van der Waals surface area contributed by atoms with Crippen molar-refractivity contribution in [1.29, 1.82) is 0 Å². The number of hydrogen-bond donors (Lipinski definition) is 1. The van der Waals surface area contributed by atoms with E-state index in [0.29, 0.717) is 31.6 Å². The average molecular weight is 423 g/mol. The van der Waals surface area contributed by atoms with Gasteiger partial charge in [0.25, 0.3) is 5.91 Å². The van der Waals surface area contributed by atoms with Crippen molar-refractivity contribution in [3.8, 4) is 5.69 Å². The average Bonchev–Trinajstić information content (AvgIpc) is 3.44. The molecule has 1 unspecified atom stereocenters. The summed E-state index contributed by atoms with van der Waals surface area (Å²) in [5, 5.41) is 3.10. The summed E-state index contributed by atoms with van der Waals surface area (Å²) < 4.78 is 2.00. The zero-order valence-electron chi connectivity index (χ0n) is 18.2. The highest BCUT2D eigenvalue weighted by molar-refractivity contribution is 5.94. The lowest BCUT2D eigenvalue weighted by Crippen LogP contribution is -2.48. The summed E-state index contributed by atoms with van der Waals surface area (Å²) in [5.41, 5.74) is 1.70. The first-order valence-electron chi connectivity index (χ1n) is 11.0. The molecule has 7 nitrogen and oxygen atoms in total. The molecular formula is C24H30N4O3. The fraction of sp³-hybridized carbons (Fsp3) is 0.458. The highest BCUT2D eigenvalue weighted by Crippen LogP contribution is 2.22. The van der Waals surface area contributed by atoms with E-state index in [0.717, 1.165) is 18.5 Å². The fourth-order valence-electron chi connectivity index (χ4n) is 4.42. The van der Waals surface area contributed by atoms with E-state index in [2.05, 4.69) is 5.32 Å². The molecule has 2 aliphatic heterocycles. The molecule has 7 heteroatoms. The van der Waals surface area contributed by atoms with Crippen LogP contribution in [0, 0.1) is 5.92 Å². The van der Waals surface area contributed by atoms with Crippen molar-refractivity contribution in [2.75, 3.05) is 19.6 Å². The smallest absolute Gasteiger partial charge is 0.253 e. The Balaban J connectivity index is 1.27. The normalized spacial score (nSPS) is 19.8. The Labute approximate surface area is 183 Å². The number of amides is 3. The van der Waals surface area contributed by atoms with Crippen LogP contribution in [0.25, 0.3) is 5.69 Å². The third-order valence-electron chi connectivity index (χ3n) is 6.30. The van der Waals surface area contributed by atoms with Crippen LogP contribution in [0.1, 0.15) is 43.5 Å². The summed E-state index contributed by atoms with van der Waals surface area (Å²) in [7, 11) is 0. The van der Waals surface area contributed by atoms with Gasteiger partial charge in [0.05, 0.1) is 5.92 Å². The summed E-state index contributed by atoms with van der Waals surface area (Å²) in [5.74, 6) is -0.230. The van der Waals surface area contributed by atoms with Crippen molar-refractivity contribution in [2.24, 2.45) is 5.92 Å². The molecule has 3 amide bonds. The van der Waals surface area contributed by atoms with E-state index in [9.17, 15) is 14.4 Å². The first kappa shape index (κ1) is 21.2. The van der Waals surface area contributed by atoms with E-state index < -0.39 is 0 Å². The molecule has 1 aromatic carbocycles. The Hall–Kier alpha value is -3.09. The van der Waals surface area contributed by atoms with Crippen molar-refractivity contribution in [1.82, 2.24) is 19.7 Å². The largest absolute Gasteiger partial charge is 0.353 e. The Morgan fingerprint density at radius 1 is 1.03 bits per heavy atom. The second kappa shape index (κ2) is 8.96. The van der Waals surface area contributed by atoms with Gasteiger partial charge in [-0.25, -0.2) is 0 Å². The Morgan fingerprint density at radius 2 is 1.68 bits per heavy atom. The number of carbonyl (C=O) groups excluding carboxylic acids is 3. The summed E-state index contributed by atoms with van der Waals surface area (Å²) in [6.07, 6.45) is 5.69. The summed E-state index contributed by atoms with van der Waals surface area (Å²) in [4.78, 5) is 41.2. The van der Waals surface area contributed by atoms with Gasteiger partial charge >= 0.3 is 0 Å². The standard InChI is InChI=1S/C24H30N4O3/c1-17(2)28-16-19(15-22(28)29)23(30)25-20-9-13-27(14-10-20)24(31)18-5-7-21(8-6-18)26-11-3-4-12-26/h3-8,11-12,17,19-20H,9-10,13-16H2,1-2H3,(H,25,30). The highest BCUT2D eigenvalue weighted by Gasteiger charge is 2.36. The molecule has 2 saturated heterocycles. The van der Waals surface area contributed by atoms with Crippen LogP contribution in [0.4, 0.5) is 0 Å². The number of likely N-dealkylation sites (tertiary alicyclic amines) is 2. The zero-order valence-corrected chi connectivity index (χ0v) is 18.2. The first-order chi connectivity index (χ1) is 14.9. The van der Waals surface area contributed by atoms with Crippen LogP contribution in [0.3, 0.4) is 0 Å². The molecule has 1 aromatic heterocycles. The molecule has 1 N–H and O–H groups in total. The van der Waals surface area contributed by atoms with Crippen LogP contribution in [-0.4, -0.2) is 63.8 Å². The number of carbonyl (C=O) groups is 3. The number of aromatic nitrogens is 1. The van der Waals surface area contributed by atoms with Gasteiger partial charge in [-0.05, 0) is 63.1 Å². The maximum atomic E-state index is 12.9. The zero-order chi connectivity index (χ0) is 22.0. The van der Waals surface area contributed by atoms with Gasteiger partial charge in [-0.15, -0.1) is 0 Å². The van der Waals surface area contributed by atoms with Gasteiger partial charge in [-0.2, -0.15) is 0 Å². The van der Waals surface area contributed by atoms with E-state index in [4.69, 9.17) is 0 Å². The van der Waals surface area contributed by atoms with E-state index in [1.165, 1.54) is 0 Å². The lowest BCUT2D eigenvalue weighted by Gasteiger charge is -2.33. The monoisotopic (exact) mass is 422 g/mol. The van der Waals surface area contributed by atoms with E-state index in [1.807, 2.05) is 72.1 Å². The molecule has 0 radical (unpaired) electrons. The molecule has 1 atom stereocenters. The lowest BCUT2D eigenvalue weighted by molar-refractivity contribution is -0.130. The van der Waals surface area contributed by atoms with Crippen LogP contribution in [-0.2, 0) is 9.59 Å². The Kier molecular flexibility index (Phi) is 6.11. The third kappa shape index (κ3) is 4.65. The third-order valence-corrected chi connectivity index (χ3v) is 6.30. The minimum absolute atomic E-state index is 0.0257. The number of nitrogens with one attached hydrogen (secondary N) is 1. The predicted molar refractivity (Wildman–Crippen MR) is 118 cm³/mol. The van der Waals surface area contributed by atoms with Crippen molar-refractivity contribution in [3.63, 3.8) is 0 Å². The quantitative estimate of drug-likeness (QED) is 0.804. The SMILES string of the molecule is CC(C)N1CC(C(=O)NC2CCN(C(=O)c3ccc(-n4cccc4)cc3)CC2)CC1=O. The van der Waals surface area contributed by atoms with Gasteiger partial charge in [0.15, 0.2) is 0 Å². The van der Waals surface area contributed by atoms with Crippen LogP contribution in [0.5, 0.6) is 0 Å². The Bertz CT molecular complexity index is 928. The second-order valence-corrected chi connectivity index (χ2v) is 8.75. The number of nitrogens with zero attached hydrogens (tertiary/aromatic N) is 3. The van der Waals surface area contributed by atoms with Gasteiger partial charge in [-0.3, -0.25) is 14.4 Å². The molecule has 2 aromatic rings. The molecule has 31 heavy (non-hydrogen) atoms. The molecule has 2 fully saturated rings. The summed E-state index contributed by atoms with van der Waals surface area (Å²) in [6, 6.07) is 11.7. The molecule has 2 aliphatic rings. The molecule has 0 bridgehead atoms. The van der Waals surface area contributed by atoms with E-state index >= 15 is 0 Å². The van der Waals surface area contributed by atoms with Crippen molar-refractivity contribution in [3.05, 3.63) is 54.4 Å². The molecule has 0 saturated carbocycles. The van der Waals surface area contributed by atoms with E-state index in [1.54, 1.807) is 4.90 Å². The number of benzene rings is 1. The van der Waals surface area contributed by atoms with E-state index in [-0.39, 0.29) is 35.7 Å². The number of rotatable bonds is 5. The highest BCUT2D eigenvalue weighted by atomic mass is 16.2. The maximum Gasteiger partial charge on any atom is 0.253 e. The van der Waals surface area contributed by atoms with Crippen molar-refractivity contribution < 1.29 is 14.4 Å². The molecular weight excluding hydrogens is 392 g/mol. The van der Waals surface area contributed by atoms with Gasteiger partial charge in [-0.1, -0.05) is 0 Å². The first-order valence-corrected chi connectivity index (χ1v) is 11.0. The van der Waals surface area contributed by atoms with Gasteiger partial charge in [0, 0.05) is 61.8 Å². The Morgan fingerprint density at radius 3 is 2.26 bits per heavy atom. The summed E-state index contributed by atoms with van der Waals surface area (Å²) in [6.45, 7) is 5.67. The molecule has 4 rings (SSSR count). The van der Waals surface area contributed by atoms with Crippen LogP contribution in [0.15, 0.2) is 48.8 Å². The minimum Gasteiger partial charge on any atom is -0.353 e. The minimum atomic E-state index is -0.270. The number of hydrogen-bond acceptors (Lipinski definition) is 3. The second-order valence-electron chi connectivity index (χ2n) is 8.75. The van der Waals surface area contributed by atoms with Crippen LogP contribution < -0.4 is 5.32 Å². The van der Waals surface area contributed by atoms with Crippen LogP contribution >= 0.6 is 0 Å². The van der Waals surface area contributed by atoms with Crippen molar-refractivity contribution >= 4 is 17.7 Å². The van der Waals surface area contributed by atoms with Gasteiger partial charge in [0.1, 0.15) is 0 Å². The molecule has 0 spiro atoms. The maximum absolute atomic E-state index is 12.9. The van der Waals surface area contributed by atoms with Gasteiger partial charge < -0.3 is 19.7 Å². The van der Waals surface area contributed by atoms with Crippen LogP contribution in [0.2, 0.25) is 0 Å². The molecule has 164 valence electrons. The van der Waals surface area contributed by atoms with Gasteiger partial charge in [0.2, 0.25) is 11.8 Å². The summed E-state index contributed by atoms with van der Waals surface area (Å²) >= 11 is 0. The van der Waals surface area contributed by atoms with Crippen molar-refractivity contribution in [2.45, 2.75) is 45.2 Å². The lowest BCUT2D eigenvalue weighted by atomic mass is 10.0. The fourth-order valence-corrected chi connectivity index (χ4v) is 4.42. The topological polar surface area (TPSA) is 74.7 Å². The number of piperidine rings is 1. The molecule has 0 aliphatic carbocycles. The molecule has 3 heterocycles. The predicted octanol–water partition coefficient (Wildman–Crippen LogP) is 2.46.